The van der Waals surface area contributed by atoms with E-state index < -0.39 is 6.04 Å². The van der Waals surface area contributed by atoms with E-state index in [1.165, 1.54) is 0 Å². The Morgan fingerprint density at radius 2 is 2.16 bits per heavy atom. The molecule has 1 unspecified atom stereocenters. The van der Waals surface area contributed by atoms with Gasteiger partial charge in [-0.25, -0.2) is 4.98 Å². The summed E-state index contributed by atoms with van der Waals surface area (Å²) >= 11 is 0. The minimum absolute atomic E-state index is 0.142. The third-order valence-corrected chi connectivity index (χ3v) is 3.06. The predicted molar refractivity (Wildman–Crippen MR) is 74.1 cm³/mol. The van der Waals surface area contributed by atoms with Crippen molar-refractivity contribution in [3.8, 4) is 17.0 Å². The van der Waals surface area contributed by atoms with Gasteiger partial charge >= 0.3 is 0 Å². The summed E-state index contributed by atoms with van der Waals surface area (Å²) in [5.74, 6) is 1.35. The first kappa shape index (κ1) is 13.6. The van der Waals surface area contributed by atoms with Crippen molar-refractivity contribution in [3.63, 3.8) is 0 Å². The van der Waals surface area contributed by atoms with Gasteiger partial charge in [0.1, 0.15) is 11.6 Å². The van der Waals surface area contributed by atoms with Crippen LogP contribution in [0.2, 0.25) is 0 Å². The Balaban J connectivity index is 2.52. The maximum atomic E-state index is 9.09. The third-order valence-electron chi connectivity index (χ3n) is 3.06. The summed E-state index contributed by atoms with van der Waals surface area (Å²) < 4.78 is 5.37. The summed E-state index contributed by atoms with van der Waals surface area (Å²) in [6.45, 7) is 3.81. The number of aryl methyl sites for hydroxylation is 2. The van der Waals surface area contributed by atoms with Crippen LogP contribution in [0.3, 0.4) is 0 Å². The van der Waals surface area contributed by atoms with E-state index in [4.69, 9.17) is 15.6 Å². The van der Waals surface area contributed by atoms with Crippen LogP contribution in [0.15, 0.2) is 18.2 Å². The highest BCUT2D eigenvalue weighted by Gasteiger charge is 2.16. The number of hydrogen-bond acceptors (Lipinski definition) is 4. The van der Waals surface area contributed by atoms with Crippen molar-refractivity contribution < 1.29 is 9.84 Å². The molecule has 0 saturated heterocycles. The van der Waals surface area contributed by atoms with Crippen molar-refractivity contribution in [3.05, 3.63) is 35.3 Å². The van der Waals surface area contributed by atoms with Gasteiger partial charge < -0.3 is 20.6 Å². The van der Waals surface area contributed by atoms with E-state index in [1.54, 1.807) is 7.11 Å². The van der Waals surface area contributed by atoms with Gasteiger partial charge in [0.2, 0.25) is 0 Å². The lowest BCUT2D eigenvalue weighted by molar-refractivity contribution is 0.264. The Morgan fingerprint density at radius 1 is 1.42 bits per heavy atom. The highest BCUT2D eigenvalue weighted by molar-refractivity contribution is 5.70. The fourth-order valence-corrected chi connectivity index (χ4v) is 2.01. The van der Waals surface area contributed by atoms with E-state index in [0.29, 0.717) is 5.82 Å². The quantitative estimate of drug-likeness (QED) is 0.782. The normalized spacial score (nSPS) is 12.5. The largest absolute Gasteiger partial charge is 0.496 e. The average molecular weight is 261 g/mol. The minimum Gasteiger partial charge on any atom is -0.496 e. The van der Waals surface area contributed by atoms with E-state index >= 15 is 0 Å². The van der Waals surface area contributed by atoms with Gasteiger partial charge in [-0.05, 0) is 26.0 Å². The number of hydrogen-bond donors (Lipinski definition) is 3. The number of methoxy groups -OCH3 is 1. The van der Waals surface area contributed by atoms with Gasteiger partial charge in [0.05, 0.1) is 25.5 Å². The molecular weight excluding hydrogens is 242 g/mol. The maximum Gasteiger partial charge on any atom is 0.128 e. The zero-order valence-electron chi connectivity index (χ0n) is 11.4. The van der Waals surface area contributed by atoms with Crippen LogP contribution in [0, 0.1) is 13.8 Å². The first-order valence-corrected chi connectivity index (χ1v) is 6.14. The van der Waals surface area contributed by atoms with E-state index in [-0.39, 0.29) is 6.61 Å². The molecule has 0 aliphatic heterocycles. The van der Waals surface area contributed by atoms with Crippen LogP contribution in [-0.4, -0.2) is 28.8 Å². The van der Waals surface area contributed by atoms with Crippen LogP contribution < -0.4 is 10.5 Å². The van der Waals surface area contributed by atoms with E-state index in [2.05, 4.69) is 9.97 Å². The Bertz CT molecular complexity index is 578. The molecular formula is C14H19N3O2. The molecule has 0 saturated carbocycles. The summed E-state index contributed by atoms with van der Waals surface area (Å²) in [4.78, 5) is 7.59. The topological polar surface area (TPSA) is 84.2 Å². The number of nitrogens with two attached hydrogens (primary N) is 1. The Kier molecular flexibility index (Phi) is 3.87. The van der Waals surface area contributed by atoms with Crippen molar-refractivity contribution >= 4 is 0 Å². The molecule has 0 amide bonds. The Morgan fingerprint density at radius 3 is 2.79 bits per heavy atom. The van der Waals surface area contributed by atoms with Crippen LogP contribution in [0.1, 0.15) is 23.1 Å². The number of imidazole rings is 1. The number of nitrogens with one attached hydrogen (secondary N) is 1. The number of rotatable bonds is 4. The fraction of sp³-hybridized carbons (Fsp3) is 0.357. The zero-order chi connectivity index (χ0) is 14.0. The molecule has 1 heterocycles. The van der Waals surface area contributed by atoms with Crippen molar-refractivity contribution in [1.82, 2.24) is 9.97 Å². The van der Waals surface area contributed by atoms with Crippen molar-refractivity contribution in [2.45, 2.75) is 19.9 Å². The molecule has 2 rings (SSSR count). The van der Waals surface area contributed by atoms with Gasteiger partial charge in [-0.2, -0.15) is 0 Å². The van der Waals surface area contributed by atoms with Crippen LogP contribution in [0.25, 0.3) is 11.3 Å². The molecule has 0 radical (unpaired) electrons. The summed E-state index contributed by atoms with van der Waals surface area (Å²) in [6, 6.07) is 5.44. The zero-order valence-corrected chi connectivity index (χ0v) is 11.4. The second kappa shape index (κ2) is 5.42. The number of ether oxygens (including phenoxy) is 1. The molecule has 0 spiro atoms. The Hall–Kier alpha value is -1.85. The molecule has 5 nitrogen and oxygen atoms in total. The first-order chi connectivity index (χ1) is 9.06. The molecule has 0 aliphatic carbocycles. The lowest BCUT2D eigenvalue weighted by atomic mass is 10.1. The van der Waals surface area contributed by atoms with Crippen LogP contribution in [0.5, 0.6) is 5.75 Å². The monoisotopic (exact) mass is 261 g/mol. The smallest absolute Gasteiger partial charge is 0.128 e. The maximum absolute atomic E-state index is 9.09. The molecule has 102 valence electrons. The van der Waals surface area contributed by atoms with Gasteiger partial charge in [0.25, 0.3) is 0 Å². The number of benzene rings is 1. The lowest BCUT2D eigenvalue weighted by Gasteiger charge is -2.08. The minimum atomic E-state index is -0.497. The van der Waals surface area contributed by atoms with Crippen LogP contribution in [-0.2, 0) is 0 Å². The molecule has 1 aromatic carbocycles. The number of nitrogens with zero attached hydrogens (tertiary/aromatic N) is 1. The second-order valence-electron chi connectivity index (χ2n) is 4.59. The van der Waals surface area contributed by atoms with Crippen LogP contribution in [0.4, 0.5) is 0 Å². The summed E-state index contributed by atoms with van der Waals surface area (Å²) in [5.41, 5.74) is 9.54. The van der Waals surface area contributed by atoms with Gasteiger partial charge in [-0.15, -0.1) is 0 Å². The second-order valence-corrected chi connectivity index (χ2v) is 4.59. The average Bonchev–Trinajstić information content (AvgIpc) is 2.79. The molecule has 1 atom stereocenters. The number of H-pyrrole nitrogens is 1. The predicted octanol–water partition coefficient (Wildman–Crippen LogP) is 1.69. The molecule has 4 N–H and O–H groups in total. The summed E-state index contributed by atoms with van der Waals surface area (Å²) in [7, 11) is 1.64. The standard InChI is InChI=1S/C14H19N3O2/c1-8-4-5-12(19-3)10(6-8)13-9(2)16-14(17-13)11(15)7-18/h4-6,11,18H,7,15H2,1-3H3,(H,16,17). The molecule has 0 aliphatic rings. The van der Waals surface area contributed by atoms with Crippen LogP contribution >= 0.6 is 0 Å². The fourth-order valence-electron chi connectivity index (χ4n) is 2.01. The molecule has 2 aromatic rings. The number of aromatic amines is 1. The molecule has 0 fully saturated rings. The van der Waals surface area contributed by atoms with Gasteiger partial charge in [0, 0.05) is 11.3 Å². The van der Waals surface area contributed by atoms with E-state index in [0.717, 1.165) is 28.3 Å². The summed E-state index contributed by atoms with van der Waals surface area (Å²) in [6.07, 6.45) is 0. The molecule has 0 bridgehead atoms. The number of aliphatic hydroxyl groups is 1. The van der Waals surface area contributed by atoms with Gasteiger partial charge in [0.15, 0.2) is 0 Å². The lowest BCUT2D eigenvalue weighted by Crippen LogP contribution is -2.16. The van der Waals surface area contributed by atoms with E-state index in [9.17, 15) is 0 Å². The van der Waals surface area contributed by atoms with Gasteiger partial charge in [-0.3, -0.25) is 0 Å². The SMILES string of the molecule is COc1ccc(C)cc1-c1nc(C(N)CO)[nH]c1C. The number of aliphatic hydroxyl groups excluding tert-OH is 1. The van der Waals surface area contributed by atoms with Gasteiger partial charge in [-0.1, -0.05) is 11.6 Å². The highest BCUT2D eigenvalue weighted by Crippen LogP contribution is 2.32. The molecule has 1 aromatic heterocycles. The highest BCUT2D eigenvalue weighted by atomic mass is 16.5. The first-order valence-electron chi connectivity index (χ1n) is 6.14. The Labute approximate surface area is 112 Å². The third kappa shape index (κ3) is 2.62. The van der Waals surface area contributed by atoms with Crippen molar-refractivity contribution in [2.24, 2.45) is 5.73 Å². The summed E-state index contributed by atoms with van der Waals surface area (Å²) in [5, 5.41) is 9.09. The van der Waals surface area contributed by atoms with E-state index in [1.807, 2.05) is 32.0 Å². The van der Waals surface area contributed by atoms with Crippen molar-refractivity contribution in [1.29, 1.82) is 0 Å². The molecule has 5 heteroatoms. The van der Waals surface area contributed by atoms with Crippen molar-refractivity contribution in [2.75, 3.05) is 13.7 Å². The number of aromatic nitrogens is 2. The molecule has 19 heavy (non-hydrogen) atoms.